The third-order valence-corrected chi connectivity index (χ3v) is 7.66. The van der Waals surface area contributed by atoms with Crippen molar-refractivity contribution in [2.45, 2.75) is 44.1 Å². The molecule has 1 saturated heterocycles. The molecule has 3 aromatic rings. The summed E-state index contributed by atoms with van der Waals surface area (Å²) in [6, 6.07) is 21.9. The number of rotatable bonds is 2. The first-order valence-electron chi connectivity index (χ1n) is 12.1. The van der Waals surface area contributed by atoms with Crippen molar-refractivity contribution in [3.8, 4) is 0 Å². The number of fused-ring (bicyclic) bond motifs is 4. The molecule has 1 fully saturated rings. The second-order valence-corrected chi connectivity index (χ2v) is 9.55. The zero-order valence-electron chi connectivity index (χ0n) is 18.5. The molecule has 0 aromatic heterocycles. The molecule has 0 bridgehead atoms. The van der Waals surface area contributed by atoms with Crippen LogP contribution in [-0.4, -0.2) is 23.9 Å². The molecule has 3 nitrogen and oxygen atoms in total. The van der Waals surface area contributed by atoms with E-state index in [9.17, 15) is 4.79 Å². The lowest BCUT2D eigenvalue weighted by Crippen LogP contribution is -2.33. The summed E-state index contributed by atoms with van der Waals surface area (Å²) in [5, 5.41) is 6.49. The lowest BCUT2D eigenvalue weighted by molar-refractivity contribution is 0.0761. The van der Waals surface area contributed by atoms with E-state index in [0.717, 1.165) is 37.9 Å². The van der Waals surface area contributed by atoms with Crippen LogP contribution in [-0.2, 0) is 0 Å². The summed E-state index contributed by atoms with van der Waals surface area (Å²) in [7, 11) is 0. The standard InChI is InChI=1S/C29H30N2O/c32-29(31-17-5-1-2-6-18-31)21-15-16-27-26(19-21)23-12-8-14-25(23)28(30-27)24-13-7-10-20-9-3-4-11-22(20)24/h3-4,7-13,15-16,19,23,25,28,30H,1-2,5-6,14,17-18H2. The number of likely N-dealkylation sites (tertiary alicyclic amines) is 1. The topological polar surface area (TPSA) is 32.3 Å². The molecule has 6 rings (SSSR count). The predicted molar refractivity (Wildman–Crippen MR) is 131 cm³/mol. The van der Waals surface area contributed by atoms with Gasteiger partial charge in [0.15, 0.2) is 0 Å². The number of nitrogens with one attached hydrogen (secondary N) is 1. The van der Waals surface area contributed by atoms with Crippen molar-refractivity contribution in [3.05, 3.63) is 89.5 Å². The smallest absolute Gasteiger partial charge is 0.253 e. The van der Waals surface area contributed by atoms with Gasteiger partial charge in [-0.25, -0.2) is 0 Å². The molecule has 3 aromatic carbocycles. The van der Waals surface area contributed by atoms with Gasteiger partial charge in [-0.3, -0.25) is 4.79 Å². The molecule has 2 heterocycles. The predicted octanol–water partition coefficient (Wildman–Crippen LogP) is 6.68. The van der Waals surface area contributed by atoms with Crippen LogP contribution < -0.4 is 5.32 Å². The molecule has 1 amide bonds. The van der Waals surface area contributed by atoms with Crippen LogP contribution in [0.15, 0.2) is 72.8 Å². The minimum atomic E-state index is 0.199. The number of allylic oxidation sites excluding steroid dienone is 2. The maximum Gasteiger partial charge on any atom is 0.253 e. The van der Waals surface area contributed by atoms with E-state index in [1.54, 1.807) is 0 Å². The summed E-state index contributed by atoms with van der Waals surface area (Å²) in [6.07, 6.45) is 10.5. The van der Waals surface area contributed by atoms with Gasteiger partial charge >= 0.3 is 0 Å². The summed E-state index contributed by atoms with van der Waals surface area (Å²) in [5.41, 5.74) is 4.66. The van der Waals surface area contributed by atoms with Crippen LogP contribution in [0.4, 0.5) is 5.69 Å². The molecule has 3 aliphatic rings. The molecule has 2 aliphatic heterocycles. The van der Waals surface area contributed by atoms with E-state index in [-0.39, 0.29) is 11.9 Å². The summed E-state index contributed by atoms with van der Waals surface area (Å²) in [5.74, 6) is 1.02. The molecule has 0 saturated carbocycles. The van der Waals surface area contributed by atoms with Gasteiger partial charge in [0, 0.05) is 30.3 Å². The Bertz CT molecular complexity index is 1180. The van der Waals surface area contributed by atoms with Gasteiger partial charge in [-0.1, -0.05) is 67.5 Å². The summed E-state index contributed by atoms with van der Waals surface area (Å²) in [4.78, 5) is 15.3. The van der Waals surface area contributed by atoms with Crippen LogP contribution in [0.2, 0.25) is 0 Å². The van der Waals surface area contributed by atoms with Gasteiger partial charge in [0.2, 0.25) is 0 Å². The molecule has 3 unspecified atom stereocenters. The normalized spacial score (nSPS) is 24.5. The molecule has 1 N–H and O–H groups in total. The van der Waals surface area contributed by atoms with Crippen molar-refractivity contribution in [1.82, 2.24) is 4.90 Å². The highest BCUT2D eigenvalue weighted by molar-refractivity contribution is 5.95. The number of hydrogen-bond donors (Lipinski definition) is 1. The minimum absolute atomic E-state index is 0.199. The van der Waals surface area contributed by atoms with Crippen LogP contribution >= 0.6 is 0 Å². The molecule has 0 radical (unpaired) electrons. The Morgan fingerprint density at radius 3 is 2.56 bits per heavy atom. The fraction of sp³-hybridized carbons (Fsp3) is 0.345. The largest absolute Gasteiger partial charge is 0.378 e. The van der Waals surface area contributed by atoms with Crippen molar-refractivity contribution >= 4 is 22.4 Å². The molecule has 162 valence electrons. The number of hydrogen-bond acceptors (Lipinski definition) is 2. The van der Waals surface area contributed by atoms with Gasteiger partial charge in [-0.15, -0.1) is 0 Å². The van der Waals surface area contributed by atoms with Gasteiger partial charge in [-0.05, 0) is 65.3 Å². The Balaban J connectivity index is 1.36. The van der Waals surface area contributed by atoms with E-state index in [1.807, 2.05) is 6.07 Å². The van der Waals surface area contributed by atoms with Crippen LogP contribution in [0.5, 0.6) is 0 Å². The highest BCUT2D eigenvalue weighted by atomic mass is 16.2. The van der Waals surface area contributed by atoms with E-state index in [4.69, 9.17) is 0 Å². The van der Waals surface area contributed by atoms with Crippen molar-refractivity contribution in [2.75, 3.05) is 18.4 Å². The lowest BCUT2D eigenvalue weighted by Gasteiger charge is -2.38. The van der Waals surface area contributed by atoms with Crippen LogP contribution in [0.3, 0.4) is 0 Å². The summed E-state index contributed by atoms with van der Waals surface area (Å²) in [6.45, 7) is 1.78. The lowest BCUT2D eigenvalue weighted by atomic mass is 9.76. The molecule has 0 spiro atoms. The maximum atomic E-state index is 13.3. The number of amides is 1. The van der Waals surface area contributed by atoms with Gasteiger partial charge in [0.05, 0.1) is 6.04 Å². The average molecular weight is 423 g/mol. The van der Waals surface area contributed by atoms with E-state index < -0.39 is 0 Å². The number of anilines is 1. The van der Waals surface area contributed by atoms with Crippen LogP contribution in [0.1, 0.15) is 65.5 Å². The van der Waals surface area contributed by atoms with Crippen LogP contribution in [0.25, 0.3) is 10.8 Å². The summed E-state index contributed by atoms with van der Waals surface area (Å²) < 4.78 is 0. The number of benzene rings is 3. The Kier molecular flexibility index (Phi) is 4.98. The Morgan fingerprint density at radius 1 is 0.875 bits per heavy atom. The highest BCUT2D eigenvalue weighted by Gasteiger charge is 2.38. The van der Waals surface area contributed by atoms with Crippen molar-refractivity contribution in [2.24, 2.45) is 5.92 Å². The minimum Gasteiger partial charge on any atom is -0.378 e. The first-order valence-corrected chi connectivity index (χ1v) is 12.1. The van der Waals surface area contributed by atoms with Gasteiger partial charge in [0.25, 0.3) is 5.91 Å². The Hall–Kier alpha value is -3.07. The van der Waals surface area contributed by atoms with E-state index in [1.165, 1.54) is 40.4 Å². The number of carbonyl (C=O) groups excluding carboxylic acids is 1. The van der Waals surface area contributed by atoms with Crippen molar-refractivity contribution in [3.63, 3.8) is 0 Å². The van der Waals surface area contributed by atoms with E-state index in [2.05, 4.69) is 77.0 Å². The third-order valence-electron chi connectivity index (χ3n) is 7.66. The molecule has 3 heteroatoms. The zero-order chi connectivity index (χ0) is 21.5. The quantitative estimate of drug-likeness (QED) is 0.467. The monoisotopic (exact) mass is 422 g/mol. The Labute approximate surface area is 190 Å². The van der Waals surface area contributed by atoms with Gasteiger partial charge in [0.1, 0.15) is 0 Å². The fourth-order valence-electron chi connectivity index (χ4n) is 6.01. The molecule has 3 atom stereocenters. The second-order valence-electron chi connectivity index (χ2n) is 9.55. The summed E-state index contributed by atoms with van der Waals surface area (Å²) >= 11 is 0. The maximum absolute atomic E-state index is 13.3. The number of carbonyl (C=O) groups is 1. The molecule has 1 aliphatic carbocycles. The molecule has 32 heavy (non-hydrogen) atoms. The fourth-order valence-corrected chi connectivity index (χ4v) is 6.01. The zero-order valence-corrected chi connectivity index (χ0v) is 18.5. The van der Waals surface area contributed by atoms with Crippen molar-refractivity contribution < 1.29 is 4.79 Å². The van der Waals surface area contributed by atoms with Crippen molar-refractivity contribution in [1.29, 1.82) is 0 Å². The van der Waals surface area contributed by atoms with Gasteiger partial charge < -0.3 is 10.2 Å². The highest BCUT2D eigenvalue weighted by Crippen LogP contribution is 2.50. The first-order chi connectivity index (χ1) is 15.8. The van der Waals surface area contributed by atoms with Crippen LogP contribution in [0, 0.1) is 5.92 Å². The first kappa shape index (κ1) is 19.6. The van der Waals surface area contributed by atoms with Gasteiger partial charge in [-0.2, -0.15) is 0 Å². The Morgan fingerprint density at radius 2 is 1.69 bits per heavy atom. The molecular formula is C29H30N2O. The van der Waals surface area contributed by atoms with E-state index >= 15 is 0 Å². The molecular weight excluding hydrogens is 392 g/mol. The second kappa shape index (κ2) is 8.12. The van der Waals surface area contributed by atoms with E-state index in [0.29, 0.717) is 11.8 Å². The average Bonchev–Trinajstić information content (AvgIpc) is 3.18. The SMILES string of the molecule is O=C(c1ccc2c(c1)C1C=CCC1C(c1cccc3ccccc13)N2)N1CCCCCC1. The number of nitrogens with zero attached hydrogens (tertiary/aromatic N) is 1. The third kappa shape index (κ3) is 3.31.